The number of rotatable bonds is 6. The Morgan fingerprint density at radius 2 is 2.08 bits per heavy atom. The molecule has 0 spiro atoms. The Morgan fingerprint density at radius 1 is 1.36 bits per heavy atom. The third-order valence-electron chi connectivity index (χ3n) is 3.98. The van der Waals surface area contributed by atoms with Gasteiger partial charge in [-0.05, 0) is 39.2 Å². The second-order valence-electron chi connectivity index (χ2n) is 7.30. The highest BCUT2D eigenvalue weighted by atomic mass is 16.6. The van der Waals surface area contributed by atoms with E-state index in [1.54, 1.807) is 17.1 Å². The van der Waals surface area contributed by atoms with Gasteiger partial charge in [-0.3, -0.25) is 0 Å². The van der Waals surface area contributed by atoms with Crippen LogP contribution in [0.1, 0.15) is 39.2 Å². The van der Waals surface area contributed by atoms with Gasteiger partial charge in [-0.25, -0.2) is 4.79 Å². The van der Waals surface area contributed by atoms with E-state index in [9.17, 15) is 9.90 Å². The van der Waals surface area contributed by atoms with Crippen molar-refractivity contribution in [3.05, 3.63) is 48.0 Å². The summed E-state index contributed by atoms with van der Waals surface area (Å²) in [6, 6.07) is 9.71. The molecule has 1 saturated heterocycles. The van der Waals surface area contributed by atoms with Crippen molar-refractivity contribution in [2.24, 2.45) is 0 Å². The fourth-order valence-electron chi connectivity index (χ4n) is 2.84. The van der Waals surface area contributed by atoms with Gasteiger partial charge in [-0.1, -0.05) is 42.5 Å². The monoisotopic (exact) mass is 347 g/mol. The topological polar surface area (TPSA) is 59.0 Å². The predicted octanol–water partition coefficient (Wildman–Crippen LogP) is 3.52. The second-order valence-corrected chi connectivity index (χ2v) is 7.30. The van der Waals surface area contributed by atoms with Gasteiger partial charge in [0.05, 0.1) is 25.4 Å². The van der Waals surface area contributed by atoms with Crippen LogP contribution < -0.4 is 0 Å². The van der Waals surface area contributed by atoms with Crippen LogP contribution in [0.25, 0.3) is 0 Å². The average Bonchev–Trinajstić information content (AvgIpc) is 3.03. The van der Waals surface area contributed by atoms with Gasteiger partial charge in [0.25, 0.3) is 0 Å². The molecule has 0 saturated carbocycles. The lowest BCUT2D eigenvalue weighted by molar-refractivity contribution is 0.0113. The predicted molar refractivity (Wildman–Crippen MR) is 97.2 cm³/mol. The fraction of sp³-hybridized carbons (Fsp3) is 0.550. The summed E-state index contributed by atoms with van der Waals surface area (Å²) in [5.74, 6) is 0. The maximum Gasteiger partial charge on any atom is 0.410 e. The number of aliphatic hydroxyl groups is 1. The van der Waals surface area contributed by atoms with Crippen LogP contribution in [0, 0.1) is 0 Å². The summed E-state index contributed by atoms with van der Waals surface area (Å²) < 4.78 is 11.0. The summed E-state index contributed by atoms with van der Waals surface area (Å²) in [5.41, 5.74) is 0.583. The lowest BCUT2D eigenvalue weighted by Crippen LogP contribution is -2.44. The zero-order valence-corrected chi connectivity index (χ0v) is 15.4. The Hall–Kier alpha value is -1.85. The van der Waals surface area contributed by atoms with Crippen LogP contribution in [0.5, 0.6) is 0 Å². The quantitative estimate of drug-likeness (QED) is 0.632. The lowest BCUT2D eigenvalue weighted by atomic mass is 10.1. The van der Waals surface area contributed by atoms with Crippen LogP contribution in [0.15, 0.2) is 42.5 Å². The van der Waals surface area contributed by atoms with Crippen LogP contribution in [-0.2, 0) is 16.1 Å². The lowest BCUT2D eigenvalue weighted by Gasteiger charge is -2.30. The van der Waals surface area contributed by atoms with E-state index in [2.05, 4.69) is 0 Å². The Balaban J connectivity index is 1.78. The zero-order chi connectivity index (χ0) is 18.3. The standard InChI is InChI=1S/C20H29NO4/c1-20(2,3)25-19(23)21-13-7-11-17(21)18(22)12-8-14-24-15-16-9-5-4-6-10-16/h4-6,8-10,12,17-18,22H,7,11,13-15H2,1-3H3/b12-8+/t17-,18+/m0/s1. The Labute approximate surface area is 150 Å². The first-order chi connectivity index (χ1) is 11.9. The molecular weight excluding hydrogens is 318 g/mol. The number of hydrogen-bond acceptors (Lipinski definition) is 4. The maximum atomic E-state index is 12.3. The number of carbonyl (C=O) groups excluding carboxylic acids is 1. The molecule has 0 aromatic heterocycles. The Bertz CT molecular complexity index is 565. The van der Waals surface area contributed by atoms with E-state index in [1.165, 1.54) is 0 Å². The van der Waals surface area contributed by atoms with Crippen molar-refractivity contribution in [2.75, 3.05) is 13.2 Å². The molecule has 2 rings (SSSR count). The van der Waals surface area contributed by atoms with Gasteiger partial charge in [0.1, 0.15) is 5.60 Å². The van der Waals surface area contributed by atoms with Gasteiger partial charge >= 0.3 is 6.09 Å². The molecule has 1 amide bonds. The zero-order valence-electron chi connectivity index (χ0n) is 15.4. The minimum Gasteiger partial charge on any atom is -0.444 e. The molecule has 25 heavy (non-hydrogen) atoms. The summed E-state index contributed by atoms with van der Waals surface area (Å²) in [4.78, 5) is 13.9. The van der Waals surface area contributed by atoms with Crippen molar-refractivity contribution in [2.45, 2.75) is 58.0 Å². The summed E-state index contributed by atoms with van der Waals surface area (Å²) in [6.07, 6.45) is 4.09. The summed E-state index contributed by atoms with van der Waals surface area (Å²) in [6.45, 7) is 7.11. The number of benzene rings is 1. The molecule has 1 aliphatic heterocycles. The van der Waals surface area contributed by atoms with Gasteiger partial charge in [0.15, 0.2) is 0 Å². The van der Waals surface area contributed by atoms with Crippen molar-refractivity contribution in [3.8, 4) is 0 Å². The highest BCUT2D eigenvalue weighted by Crippen LogP contribution is 2.23. The average molecular weight is 347 g/mol. The van der Waals surface area contributed by atoms with Gasteiger partial charge in [-0.2, -0.15) is 0 Å². The number of nitrogens with zero attached hydrogens (tertiary/aromatic N) is 1. The molecule has 0 radical (unpaired) electrons. The summed E-state index contributed by atoms with van der Waals surface area (Å²) in [5, 5.41) is 10.4. The molecule has 1 aliphatic rings. The number of hydrogen-bond donors (Lipinski definition) is 1. The minimum atomic E-state index is -0.713. The van der Waals surface area contributed by atoms with Crippen LogP contribution in [-0.4, -0.2) is 47.0 Å². The van der Waals surface area contributed by atoms with E-state index < -0.39 is 11.7 Å². The van der Waals surface area contributed by atoms with Gasteiger partial charge in [0.2, 0.25) is 0 Å². The van der Waals surface area contributed by atoms with Gasteiger partial charge < -0.3 is 19.5 Å². The van der Waals surface area contributed by atoms with Crippen LogP contribution in [0.3, 0.4) is 0 Å². The van der Waals surface area contributed by atoms with Crippen molar-refractivity contribution >= 4 is 6.09 Å². The SMILES string of the molecule is CC(C)(C)OC(=O)N1CCC[C@H]1[C@H](O)/C=C/COCc1ccccc1. The molecule has 1 fully saturated rings. The van der Waals surface area contributed by atoms with E-state index in [0.29, 0.717) is 19.8 Å². The van der Waals surface area contributed by atoms with E-state index in [0.717, 1.165) is 18.4 Å². The van der Waals surface area contributed by atoms with Crippen molar-refractivity contribution in [1.82, 2.24) is 4.90 Å². The summed E-state index contributed by atoms with van der Waals surface area (Å²) in [7, 11) is 0. The van der Waals surface area contributed by atoms with Crippen LogP contribution >= 0.6 is 0 Å². The number of likely N-dealkylation sites (tertiary alicyclic amines) is 1. The first-order valence-electron chi connectivity index (χ1n) is 8.83. The first kappa shape index (κ1) is 19.5. The molecule has 1 aromatic rings. The fourth-order valence-corrected chi connectivity index (χ4v) is 2.84. The molecule has 0 bridgehead atoms. The third kappa shape index (κ3) is 6.52. The Morgan fingerprint density at radius 3 is 2.76 bits per heavy atom. The van der Waals surface area contributed by atoms with E-state index in [-0.39, 0.29) is 12.1 Å². The van der Waals surface area contributed by atoms with E-state index in [4.69, 9.17) is 9.47 Å². The Kier molecular flexibility index (Phi) is 7.02. The molecule has 1 heterocycles. The summed E-state index contributed by atoms with van der Waals surface area (Å²) >= 11 is 0. The largest absolute Gasteiger partial charge is 0.444 e. The smallest absolute Gasteiger partial charge is 0.410 e. The van der Waals surface area contributed by atoms with Crippen molar-refractivity contribution in [3.63, 3.8) is 0 Å². The molecule has 1 aromatic carbocycles. The number of amides is 1. The number of ether oxygens (including phenoxy) is 2. The number of aliphatic hydroxyl groups excluding tert-OH is 1. The third-order valence-corrected chi connectivity index (χ3v) is 3.98. The highest BCUT2D eigenvalue weighted by molar-refractivity contribution is 5.69. The molecule has 0 unspecified atom stereocenters. The molecule has 138 valence electrons. The maximum absolute atomic E-state index is 12.3. The normalized spacial score (nSPS) is 19.4. The molecule has 0 aliphatic carbocycles. The second kappa shape index (κ2) is 9.02. The molecule has 5 heteroatoms. The molecular formula is C20H29NO4. The van der Waals surface area contributed by atoms with E-state index in [1.807, 2.05) is 51.1 Å². The van der Waals surface area contributed by atoms with Gasteiger partial charge in [-0.15, -0.1) is 0 Å². The van der Waals surface area contributed by atoms with Crippen LogP contribution in [0.2, 0.25) is 0 Å². The minimum absolute atomic E-state index is 0.236. The first-order valence-corrected chi connectivity index (χ1v) is 8.83. The van der Waals surface area contributed by atoms with E-state index >= 15 is 0 Å². The van der Waals surface area contributed by atoms with Crippen LogP contribution in [0.4, 0.5) is 4.79 Å². The van der Waals surface area contributed by atoms with Crippen molar-refractivity contribution < 1.29 is 19.4 Å². The van der Waals surface area contributed by atoms with Gasteiger partial charge in [0, 0.05) is 6.54 Å². The highest BCUT2D eigenvalue weighted by Gasteiger charge is 2.35. The molecule has 5 nitrogen and oxygen atoms in total. The van der Waals surface area contributed by atoms with Crippen molar-refractivity contribution in [1.29, 1.82) is 0 Å². The molecule has 1 N–H and O–H groups in total. The molecule has 2 atom stereocenters. The number of carbonyl (C=O) groups is 1.